The van der Waals surface area contributed by atoms with E-state index in [4.69, 9.17) is 5.73 Å². The number of amides is 1. The van der Waals surface area contributed by atoms with Crippen LogP contribution in [0.3, 0.4) is 0 Å². The van der Waals surface area contributed by atoms with Crippen molar-refractivity contribution in [3.63, 3.8) is 0 Å². The van der Waals surface area contributed by atoms with E-state index in [9.17, 15) is 14.8 Å². The Bertz CT molecular complexity index is 1030. The van der Waals surface area contributed by atoms with Crippen LogP contribution in [-0.4, -0.2) is 46.0 Å². The molecule has 4 N–H and O–H groups in total. The van der Waals surface area contributed by atoms with Gasteiger partial charge in [-0.2, -0.15) is 0 Å². The van der Waals surface area contributed by atoms with E-state index in [2.05, 4.69) is 23.2 Å². The molecule has 1 amide bonds. The molecule has 2 heterocycles. The molecule has 1 saturated heterocycles. The predicted molar refractivity (Wildman–Crippen MR) is 114 cm³/mol. The largest absolute Gasteiger partial charge is 0.508 e. The molecule has 0 spiro atoms. The summed E-state index contributed by atoms with van der Waals surface area (Å²) in [5.41, 5.74) is 9.50. The van der Waals surface area contributed by atoms with E-state index in [1.165, 1.54) is 5.56 Å². The second-order valence-corrected chi connectivity index (χ2v) is 7.53. The highest BCUT2D eigenvalue weighted by molar-refractivity contribution is 6.57. The van der Waals surface area contributed by atoms with E-state index >= 15 is 0 Å². The summed E-state index contributed by atoms with van der Waals surface area (Å²) in [7, 11) is -1.63. The zero-order valence-corrected chi connectivity index (χ0v) is 16.2. The third-order valence-electron chi connectivity index (χ3n) is 5.67. The fourth-order valence-corrected chi connectivity index (χ4v) is 3.98. The molecule has 0 bridgehead atoms. The Morgan fingerprint density at radius 1 is 1.10 bits per heavy atom. The monoisotopic (exact) mass is 389 g/mol. The number of fused-ring (bicyclic) bond motifs is 1. The first-order chi connectivity index (χ1) is 14.0. The molecule has 3 aromatic rings. The number of aromatic nitrogens is 1. The number of benzene rings is 2. The van der Waals surface area contributed by atoms with Gasteiger partial charge in [0, 0.05) is 30.6 Å². The van der Waals surface area contributed by atoms with Crippen LogP contribution < -0.4 is 11.3 Å². The van der Waals surface area contributed by atoms with Crippen LogP contribution in [0.15, 0.2) is 54.6 Å². The van der Waals surface area contributed by atoms with Crippen LogP contribution in [0.25, 0.3) is 10.9 Å². The van der Waals surface area contributed by atoms with Crippen molar-refractivity contribution in [2.75, 3.05) is 13.1 Å². The average molecular weight is 389 g/mol. The minimum atomic E-state index is -1.63. The molecule has 0 radical (unpaired) electrons. The van der Waals surface area contributed by atoms with E-state index in [0.29, 0.717) is 36.6 Å². The van der Waals surface area contributed by atoms with Crippen molar-refractivity contribution >= 4 is 29.5 Å². The maximum atomic E-state index is 13.0. The van der Waals surface area contributed by atoms with Gasteiger partial charge in [0.25, 0.3) is 5.91 Å². The molecule has 4 rings (SSSR count). The minimum Gasteiger partial charge on any atom is -0.422 e. The molecular formula is C22H24BN3O3. The summed E-state index contributed by atoms with van der Waals surface area (Å²) >= 11 is 0. The van der Waals surface area contributed by atoms with E-state index in [0.717, 1.165) is 23.8 Å². The van der Waals surface area contributed by atoms with E-state index < -0.39 is 7.12 Å². The highest BCUT2D eigenvalue weighted by atomic mass is 16.4. The first-order valence-corrected chi connectivity index (χ1v) is 9.90. The van der Waals surface area contributed by atoms with Gasteiger partial charge in [-0.05, 0) is 48.1 Å². The number of carbonyl (C=O) groups is 1. The summed E-state index contributed by atoms with van der Waals surface area (Å²) in [6.45, 7) is 1.95. The molecule has 0 saturated carbocycles. The third-order valence-corrected chi connectivity index (χ3v) is 5.67. The van der Waals surface area contributed by atoms with E-state index in [1.54, 1.807) is 24.3 Å². The number of likely N-dealkylation sites (tertiary alicyclic amines) is 1. The fraction of sp³-hybridized carbons (Fsp3) is 0.273. The summed E-state index contributed by atoms with van der Waals surface area (Å²) < 4.78 is 0. The Morgan fingerprint density at radius 3 is 2.59 bits per heavy atom. The molecule has 1 fully saturated rings. The van der Waals surface area contributed by atoms with Crippen LogP contribution in [0.5, 0.6) is 0 Å². The van der Waals surface area contributed by atoms with Crippen molar-refractivity contribution in [3.8, 4) is 0 Å². The third kappa shape index (κ3) is 4.17. The molecule has 0 aliphatic carbocycles. The van der Waals surface area contributed by atoms with Gasteiger partial charge in [0.2, 0.25) is 0 Å². The van der Waals surface area contributed by atoms with Crippen molar-refractivity contribution in [1.29, 1.82) is 0 Å². The van der Waals surface area contributed by atoms with Gasteiger partial charge in [-0.25, -0.2) is 0 Å². The SMILES string of the molecule is NCc1cccc(C2CCN(C(=O)c3ccc4ccc(B(O)O)nc4c3)CC2)c1. The van der Waals surface area contributed by atoms with Crippen molar-refractivity contribution in [1.82, 2.24) is 9.88 Å². The summed E-state index contributed by atoms with van der Waals surface area (Å²) in [6, 6.07) is 17.1. The second kappa shape index (κ2) is 8.33. The van der Waals surface area contributed by atoms with Gasteiger partial charge in [0.1, 0.15) is 0 Å². The molecule has 0 atom stereocenters. The van der Waals surface area contributed by atoms with Crippen molar-refractivity contribution < 1.29 is 14.8 Å². The number of nitrogens with zero attached hydrogens (tertiary/aromatic N) is 2. The van der Waals surface area contributed by atoms with Crippen LogP contribution in [0.2, 0.25) is 0 Å². The molecule has 148 valence electrons. The molecule has 0 unspecified atom stereocenters. The smallest absolute Gasteiger partial charge is 0.422 e. The maximum absolute atomic E-state index is 13.0. The lowest BCUT2D eigenvalue weighted by Crippen LogP contribution is -2.38. The lowest BCUT2D eigenvalue weighted by Gasteiger charge is -2.32. The number of hydrogen-bond donors (Lipinski definition) is 3. The first kappa shape index (κ1) is 19.6. The van der Waals surface area contributed by atoms with Crippen molar-refractivity contribution in [3.05, 3.63) is 71.3 Å². The number of pyridine rings is 1. The fourth-order valence-electron chi connectivity index (χ4n) is 3.98. The minimum absolute atomic E-state index is 0.0159. The molecule has 7 heteroatoms. The van der Waals surface area contributed by atoms with Gasteiger partial charge in [-0.1, -0.05) is 36.4 Å². The van der Waals surface area contributed by atoms with Gasteiger partial charge in [-0.15, -0.1) is 0 Å². The molecule has 1 aromatic heterocycles. The topological polar surface area (TPSA) is 99.7 Å². The normalized spacial score (nSPS) is 14.9. The van der Waals surface area contributed by atoms with Crippen LogP contribution in [-0.2, 0) is 6.54 Å². The molecule has 6 nitrogen and oxygen atoms in total. The van der Waals surface area contributed by atoms with Gasteiger partial charge in [0.05, 0.1) is 11.1 Å². The number of hydrogen-bond acceptors (Lipinski definition) is 5. The Balaban J connectivity index is 1.47. The molecule has 1 aliphatic rings. The molecule has 2 aromatic carbocycles. The number of nitrogens with two attached hydrogens (primary N) is 1. The maximum Gasteiger partial charge on any atom is 0.508 e. The second-order valence-electron chi connectivity index (χ2n) is 7.53. The number of rotatable bonds is 4. The summed E-state index contributed by atoms with van der Waals surface area (Å²) in [6.07, 6.45) is 1.85. The number of carbonyl (C=O) groups excluding carboxylic acids is 1. The Morgan fingerprint density at radius 2 is 1.86 bits per heavy atom. The number of piperidine rings is 1. The van der Waals surface area contributed by atoms with Gasteiger partial charge >= 0.3 is 7.12 Å². The van der Waals surface area contributed by atoms with Crippen molar-refractivity contribution in [2.45, 2.75) is 25.3 Å². The van der Waals surface area contributed by atoms with Gasteiger partial charge in [-0.3, -0.25) is 9.78 Å². The van der Waals surface area contributed by atoms with Gasteiger partial charge < -0.3 is 20.7 Å². The highest BCUT2D eigenvalue weighted by Crippen LogP contribution is 2.29. The quantitative estimate of drug-likeness (QED) is 0.586. The summed E-state index contributed by atoms with van der Waals surface area (Å²) in [5.74, 6) is 0.426. The van der Waals surface area contributed by atoms with E-state index in [-0.39, 0.29) is 11.5 Å². The standard InChI is InChI=1S/C22H24BN3O3/c24-14-15-2-1-3-18(12-15)16-8-10-26(11-9-16)22(27)19-5-4-17-6-7-21(23(28)29)25-20(17)13-19/h1-7,12-13,16,28-29H,8-11,14,24H2. The predicted octanol–water partition coefficient (Wildman–Crippen LogP) is 1.39. The zero-order valence-electron chi connectivity index (χ0n) is 16.2. The van der Waals surface area contributed by atoms with Crippen LogP contribution in [0, 0.1) is 0 Å². The molecule has 29 heavy (non-hydrogen) atoms. The first-order valence-electron chi connectivity index (χ1n) is 9.90. The van der Waals surface area contributed by atoms with Crippen LogP contribution in [0.4, 0.5) is 0 Å². The summed E-state index contributed by atoms with van der Waals surface area (Å²) in [4.78, 5) is 19.1. The van der Waals surface area contributed by atoms with E-state index in [1.807, 2.05) is 17.0 Å². The Hall–Kier alpha value is -2.74. The lowest BCUT2D eigenvalue weighted by atomic mass is 9.85. The highest BCUT2D eigenvalue weighted by Gasteiger charge is 2.25. The molecule has 1 aliphatic heterocycles. The van der Waals surface area contributed by atoms with Crippen LogP contribution >= 0.6 is 0 Å². The van der Waals surface area contributed by atoms with Crippen molar-refractivity contribution in [2.24, 2.45) is 5.73 Å². The van der Waals surface area contributed by atoms with Crippen LogP contribution in [0.1, 0.15) is 40.2 Å². The average Bonchev–Trinajstić information content (AvgIpc) is 2.78. The molecular weight excluding hydrogens is 365 g/mol. The summed E-state index contributed by atoms with van der Waals surface area (Å²) in [5, 5.41) is 19.5. The zero-order chi connectivity index (χ0) is 20.4. The van der Waals surface area contributed by atoms with Gasteiger partial charge in [0.15, 0.2) is 0 Å². The lowest BCUT2D eigenvalue weighted by molar-refractivity contribution is 0.0713. The Kier molecular flexibility index (Phi) is 5.62. The Labute approximate surface area is 170 Å².